The maximum atomic E-state index is 12.1. The van der Waals surface area contributed by atoms with Gasteiger partial charge in [0.2, 0.25) is 0 Å². The zero-order valence-corrected chi connectivity index (χ0v) is 25.0. The van der Waals surface area contributed by atoms with E-state index < -0.39 is 67.2 Å². The molecule has 12 nitrogen and oxygen atoms in total. The molecule has 2 rings (SSSR count). The molecule has 2 aromatic carbocycles. The van der Waals surface area contributed by atoms with Crippen molar-refractivity contribution in [1.82, 2.24) is 0 Å². The third-order valence-corrected chi connectivity index (χ3v) is 12.7. The van der Waals surface area contributed by atoms with E-state index >= 15 is 0 Å². The lowest BCUT2D eigenvalue weighted by Crippen LogP contribution is -2.17. The molecule has 2 aromatic rings. The standard InChI is InChI=1S/C16H16I2O12S4/c1-5-9(6(2)14(32(22,23)24)11(17)13(5)31(19,20)21)10-7(3)15(33(25,26)27)12(18)16(8(10)4)34(28,29)30/h1-4H3,(H,19,20,21)(H,22,23,24)(H,25,26,27)(H,28,29,30). The molecule has 0 amide bonds. The van der Waals surface area contributed by atoms with Crippen LogP contribution in [0.1, 0.15) is 22.3 Å². The largest absolute Gasteiger partial charge is 0.295 e. The predicted molar refractivity (Wildman–Crippen MR) is 136 cm³/mol. The van der Waals surface area contributed by atoms with E-state index in [4.69, 9.17) is 0 Å². The molecule has 0 radical (unpaired) electrons. The Balaban J connectivity index is 3.52. The Morgan fingerprint density at radius 3 is 0.706 bits per heavy atom. The summed E-state index contributed by atoms with van der Waals surface area (Å²) in [6, 6.07) is 0. The highest BCUT2D eigenvalue weighted by Gasteiger charge is 2.36. The molecule has 190 valence electrons. The molecule has 34 heavy (non-hydrogen) atoms. The smallest absolute Gasteiger partial charge is 0.282 e. The lowest BCUT2D eigenvalue weighted by atomic mass is 9.89. The maximum Gasteiger partial charge on any atom is 0.295 e. The molecule has 0 aromatic heterocycles. The quantitative estimate of drug-likeness (QED) is 0.255. The maximum absolute atomic E-state index is 12.1. The van der Waals surface area contributed by atoms with Crippen LogP contribution >= 0.6 is 45.2 Å². The van der Waals surface area contributed by atoms with Crippen molar-refractivity contribution in [3.8, 4) is 11.1 Å². The van der Waals surface area contributed by atoms with Gasteiger partial charge in [-0.2, -0.15) is 33.7 Å². The first kappa shape index (κ1) is 29.8. The Kier molecular flexibility index (Phi) is 7.99. The molecule has 4 N–H and O–H groups in total. The van der Waals surface area contributed by atoms with E-state index in [2.05, 4.69) is 0 Å². The fourth-order valence-electron chi connectivity index (χ4n) is 3.86. The Morgan fingerprint density at radius 1 is 0.441 bits per heavy atom. The molecule has 0 unspecified atom stereocenters. The van der Waals surface area contributed by atoms with Crippen molar-refractivity contribution in [2.75, 3.05) is 0 Å². The van der Waals surface area contributed by atoms with Crippen LogP contribution in [0.25, 0.3) is 11.1 Å². The third-order valence-electron chi connectivity index (χ3n) is 4.94. The highest BCUT2D eigenvalue weighted by atomic mass is 127. The van der Waals surface area contributed by atoms with Gasteiger partial charge in [0.25, 0.3) is 40.5 Å². The first-order valence-corrected chi connectivity index (χ1v) is 16.4. The Hall–Kier alpha value is -0.460. The molecule has 0 atom stereocenters. The van der Waals surface area contributed by atoms with Gasteiger partial charge in [-0.15, -0.1) is 0 Å². The number of hydrogen-bond acceptors (Lipinski definition) is 8. The molecule has 0 aliphatic rings. The van der Waals surface area contributed by atoms with E-state index in [1.165, 1.54) is 45.2 Å². The first-order chi connectivity index (χ1) is 15.0. The second kappa shape index (κ2) is 9.13. The number of rotatable bonds is 5. The average Bonchev–Trinajstić information content (AvgIpc) is 2.51. The first-order valence-electron chi connectivity index (χ1n) is 8.51. The van der Waals surface area contributed by atoms with Crippen LogP contribution in [0.5, 0.6) is 0 Å². The Bertz CT molecular complexity index is 1440. The second-order valence-corrected chi connectivity index (χ2v) is 14.7. The van der Waals surface area contributed by atoms with Crippen molar-refractivity contribution >= 4 is 85.7 Å². The van der Waals surface area contributed by atoms with Gasteiger partial charge < -0.3 is 0 Å². The van der Waals surface area contributed by atoms with Crippen LogP contribution < -0.4 is 0 Å². The molecule has 0 bridgehead atoms. The van der Waals surface area contributed by atoms with Gasteiger partial charge in [0.15, 0.2) is 0 Å². The molecule has 0 aliphatic heterocycles. The number of halogens is 2. The minimum Gasteiger partial charge on any atom is -0.282 e. The van der Waals surface area contributed by atoms with Gasteiger partial charge in [0.1, 0.15) is 19.6 Å². The van der Waals surface area contributed by atoms with Gasteiger partial charge in [-0.1, -0.05) is 0 Å². The van der Waals surface area contributed by atoms with Gasteiger partial charge in [0, 0.05) is 0 Å². The minimum absolute atomic E-state index is 0.313. The normalized spacial score (nSPS) is 13.4. The van der Waals surface area contributed by atoms with Crippen LogP contribution in [-0.2, 0) is 40.5 Å². The van der Waals surface area contributed by atoms with Crippen molar-refractivity contribution in [3.63, 3.8) is 0 Å². The predicted octanol–water partition coefficient (Wildman–Crippen LogP) is 2.78. The molecule has 0 aliphatic carbocycles. The summed E-state index contributed by atoms with van der Waals surface area (Å²) < 4.78 is 135. The van der Waals surface area contributed by atoms with Crippen LogP contribution in [-0.4, -0.2) is 51.9 Å². The van der Waals surface area contributed by atoms with Crippen molar-refractivity contribution in [3.05, 3.63) is 29.4 Å². The summed E-state index contributed by atoms with van der Waals surface area (Å²) in [7, 11) is -20.5. The van der Waals surface area contributed by atoms with Crippen molar-refractivity contribution in [2.45, 2.75) is 47.3 Å². The second-order valence-electron chi connectivity index (χ2n) is 7.09. The zero-order valence-electron chi connectivity index (χ0n) is 17.4. The Labute approximate surface area is 223 Å². The van der Waals surface area contributed by atoms with Crippen molar-refractivity contribution in [1.29, 1.82) is 0 Å². The highest BCUT2D eigenvalue weighted by molar-refractivity contribution is 14.1. The highest BCUT2D eigenvalue weighted by Crippen LogP contribution is 2.45. The molecule has 0 heterocycles. The van der Waals surface area contributed by atoms with Gasteiger partial charge in [-0.05, 0) is 106 Å². The summed E-state index contributed by atoms with van der Waals surface area (Å²) >= 11 is 2.58. The minimum atomic E-state index is -5.12. The van der Waals surface area contributed by atoms with Gasteiger partial charge >= 0.3 is 0 Å². The topological polar surface area (TPSA) is 217 Å². The summed E-state index contributed by atoms with van der Waals surface area (Å²) in [6.07, 6.45) is 0. The van der Waals surface area contributed by atoms with Crippen molar-refractivity contribution in [2.24, 2.45) is 0 Å². The summed E-state index contributed by atoms with van der Waals surface area (Å²) in [5.74, 6) is 0. The van der Waals surface area contributed by atoms with Crippen LogP contribution in [0.15, 0.2) is 19.6 Å². The summed E-state index contributed by atoms with van der Waals surface area (Å²) in [5, 5.41) is 0. The average molecular weight is 782 g/mol. The van der Waals surface area contributed by atoms with Crippen LogP contribution in [0.3, 0.4) is 0 Å². The van der Waals surface area contributed by atoms with Gasteiger partial charge in [0.05, 0.1) is 7.14 Å². The molecular weight excluding hydrogens is 766 g/mol. The molecule has 0 saturated heterocycles. The zero-order chi connectivity index (χ0) is 26.9. The van der Waals surface area contributed by atoms with Crippen LogP contribution in [0.4, 0.5) is 0 Å². The number of hydrogen-bond donors (Lipinski definition) is 4. The van der Waals surface area contributed by atoms with E-state index in [0.717, 1.165) is 27.7 Å². The van der Waals surface area contributed by atoms with E-state index in [1.807, 2.05) is 0 Å². The third kappa shape index (κ3) is 5.16. The van der Waals surface area contributed by atoms with Crippen LogP contribution in [0.2, 0.25) is 0 Å². The summed E-state index contributed by atoms with van der Waals surface area (Å²) in [6.45, 7) is 4.55. The monoisotopic (exact) mass is 782 g/mol. The van der Waals surface area contributed by atoms with E-state index in [-0.39, 0.29) is 33.4 Å². The van der Waals surface area contributed by atoms with Gasteiger partial charge in [-0.25, -0.2) is 0 Å². The van der Waals surface area contributed by atoms with Crippen LogP contribution in [0, 0.1) is 34.8 Å². The van der Waals surface area contributed by atoms with E-state index in [1.54, 1.807) is 0 Å². The molecular formula is C16H16I2O12S4. The van der Waals surface area contributed by atoms with Crippen molar-refractivity contribution < 1.29 is 51.9 Å². The lowest BCUT2D eigenvalue weighted by molar-refractivity contribution is 0.473. The molecule has 0 fully saturated rings. The van der Waals surface area contributed by atoms with E-state index in [0.29, 0.717) is 0 Å². The molecule has 0 spiro atoms. The fraction of sp³-hybridized carbons (Fsp3) is 0.250. The Morgan fingerprint density at radius 2 is 0.588 bits per heavy atom. The molecule has 0 saturated carbocycles. The SMILES string of the molecule is Cc1c(-c2c(C)c(S(=O)(=O)O)c(I)c(S(=O)(=O)O)c2C)c(C)c(S(=O)(=O)O)c(I)c1S(=O)(=O)O. The number of benzene rings is 2. The molecule has 18 heteroatoms. The summed E-state index contributed by atoms with van der Waals surface area (Å²) in [4.78, 5) is -3.72. The fourth-order valence-corrected chi connectivity index (χ4v) is 12.2. The summed E-state index contributed by atoms with van der Waals surface area (Å²) in [5.41, 5.74) is -1.97. The lowest BCUT2D eigenvalue weighted by Gasteiger charge is -2.24. The van der Waals surface area contributed by atoms with Gasteiger partial charge in [-0.3, -0.25) is 18.2 Å². The van der Waals surface area contributed by atoms with E-state index in [9.17, 15) is 51.9 Å².